The first kappa shape index (κ1) is 8.24. The average molecular weight is 146 g/mol. The number of methoxy groups -OCH3 is 1. The lowest BCUT2D eigenvalue weighted by atomic mass is 10.5. The third kappa shape index (κ3) is 2.33. The van der Waals surface area contributed by atoms with Crippen LogP contribution in [0.2, 0.25) is 0 Å². The Kier molecular flexibility index (Phi) is 3.80. The molecule has 9 heavy (non-hydrogen) atoms. The predicted octanol–water partition coefficient (Wildman–Crippen LogP) is 1.51. The van der Waals surface area contributed by atoms with Gasteiger partial charge in [0.05, 0.1) is 7.11 Å². The van der Waals surface area contributed by atoms with Gasteiger partial charge in [-0.05, 0) is 6.07 Å². The maximum Gasteiger partial charge on any atom is 0.212 e. The molecule has 0 aliphatic heterocycles. The molecule has 0 aliphatic rings. The van der Waals surface area contributed by atoms with Gasteiger partial charge < -0.3 is 4.74 Å². The SMILES string of the molecule is COc1ccccn1.Cl. The van der Waals surface area contributed by atoms with Gasteiger partial charge in [0.1, 0.15) is 0 Å². The van der Waals surface area contributed by atoms with E-state index < -0.39 is 0 Å². The van der Waals surface area contributed by atoms with Crippen LogP contribution in [0.25, 0.3) is 0 Å². The third-order valence-electron chi connectivity index (χ3n) is 0.847. The van der Waals surface area contributed by atoms with Crippen LogP contribution in [0.4, 0.5) is 0 Å². The van der Waals surface area contributed by atoms with Crippen LogP contribution in [0.1, 0.15) is 0 Å². The molecule has 50 valence electrons. The van der Waals surface area contributed by atoms with Gasteiger partial charge in [-0.1, -0.05) is 6.07 Å². The monoisotopic (exact) mass is 145 g/mol. The summed E-state index contributed by atoms with van der Waals surface area (Å²) in [5, 5.41) is 0. The zero-order valence-corrected chi connectivity index (χ0v) is 5.89. The lowest BCUT2D eigenvalue weighted by Crippen LogP contribution is -1.83. The minimum absolute atomic E-state index is 0. The van der Waals surface area contributed by atoms with Crippen molar-refractivity contribution in [3.63, 3.8) is 0 Å². The molecule has 0 aromatic carbocycles. The largest absolute Gasteiger partial charge is 0.481 e. The summed E-state index contributed by atoms with van der Waals surface area (Å²) in [7, 11) is 1.60. The van der Waals surface area contributed by atoms with Gasteiger partial charge in [-0.25, -0.2) is 4.98 Å². The van der Waals surface area contributed by atoms with Crippen molar-refractivity contribution in [1.82, 2.24) is 4.98 Å². The smallest absolute Gasteiger partial charge is 0.212 e. The summed E-state index contributed by atoms with van der Waals surface area (Å²) < 4.78 is 4.80. The third-order valence-corrected chi connectivity index (χ3v) is 0.847. The molecular weight excluding hydrogens is 138 g/mol. The first-order chi connectivity index (χ1) is 3.93. The lowest BCUT2D eigenvalue weighted by molar-refractivity contribution is 0.398. The zero-order valence-electron chi connectivity index (χ0n) is 5.07. The molecule has 0 amide bonds. The quantitative estimate of drug-likeness (QED) is 0.598. The van der Waals surface area contributed by atoms with Gasteiger partial charge in [0, 0.05) is 12.3 Å². The van der Waals surface area contributed by atoms with E-state index in [9.17, 15) is 0 Å². The van der Waals surface area contributed by atoms with Crippen molar-refractivity contribution in [3.8, 4) is 5.88 Å². The summed E-state index contributed by atoms with van der Waals surface area (Å²) >= 11 is 0. The van der Waals surface area contributed by atoms with Crippen LogP contribution in [-0.4, -0.2) is 12.1 Å². The summed E-state index contributed by atoms with van der Waals surface area (Å²) in [4.78, 5) is 3.88. The Morgan fingerprint density at radius 3 is 2.56 bits per heavy atom. The van der Waals surface area contributed by atoms with E-state index in [0.717, 1.165) is 0 Å². The highest BCUT2D eigenvalue weighted by atomic mass is 35.5. The second kappa shape index (κ2) is 4.15. The van der Waals surface area contributed by atoms with Crippen molar-refractivity contribution in [2.75, 3.05) is 7.11 Å². The normalized spacial score (nSPS) is 7.67. The Bertz CT molecular complexity index is 154. The summed E-state index contributed by atoms with van der Waals surface area (Å²) in [5.74, 6) is 0.660. The van der Waals surface area contributed by atoms with E-state index in [2.05, 4.69) is 4.98 Å². The molecule has 1 heterocycles. The van der Waals surface area contributed by atoms with Crippen molar-refractivity contribution in [1.29, 1.82) is 0 Å². The molecular formula is C6H8ClNO. The molecule has 0 fully saturated rings. The van der Waals surface area contributed by atoms with E-state index in [1.54, 1.807) is 19.4 Å². The van der Waals surface area contributed by atoms with Crippen molar-refractivity contribution < 1.29 is 4.74 Å². The zero-order chi connectivity index (χ0) is 5.82. The number of aromatic nitrogens is 1. The average Bonchev–Trinajstić information content (AvgIpc) is 1.90. The Morgan fingerprint density at radius 1 is 1.44 bits per heavy atom. The van der Waals surface area contributed by atoms with E-state index in [-0.39, 0.29) is 12.4 Å². The maximum atomic E-state index is 4.80. The number of nitrogens with zero attached hydrogens (tertiary/aromatic N) is 1. The summed E-state index contributed by atoms with van der Waals surface area (Å²) in [5.41, 5.74) is 0. The molecule has 0 bridgehead atoms. The van der Waals surface area contributed by atoms with Gasteiger partial charge in [-0.2, -0.15) is 0 Å². The topological polar surface area (TPSA) is 22.1 Å². The number of hydrogen-bond acceptors (Lipinski definition) is 2. The van der Waals surface area contributed by atoms with Crippen LogP contribution in [0.3, 0.4) is 0 Å². The fourth-order valence-electron chi connectivity index (χ4n) is 0.468. The number of hydrogen-bond donors (Lipinski definition) is 0. The van der Waals surface area contributed by atoms with Crippen molar-refractivity contribution in [3.05, 3.63) is 24.4 Å². The van der Waals surface area contributed by atoms with E-state index in [0.29, 0.717) is 5.88 Å². The standard InChI is InChI=1S/C6H7NO.ClH/c1-8-6-4-2-3-5-7-6;/h2-5H,1H3;1H. The number of halogens is 1. The Morgan fingerprint density at radius 2 is 2.22 bits per heavy atom. The van der Waals surface area contributed by atoms with Crippen LogP contribution >= 0.6 is 12.4 Å². The summed E-state index contributed by atoms with van der Waals surface area (Å²) in [6, 6.07) is 5.54. The number of ether oxygens (including phenoxy) is 1. The molecule has 2 nitrogen and oxygen atoms in total. The van der Waals surface area contributed by atoms with Crippen LogP contribution in [0, 0.1) is 0 Å². The van der Waals surface area contributed by atoms with E-state index >= 15 is 0 Å². The number of pyridine rings is 1. The molecule has 3 heteroatoms. The van der Waals surface area contributed by atoms with Gasteiger partial charge in [-0.3, -0.25) is 0 Å². The number of rotatable bonds is 1. The highest BCUT2D eigenvalue weighted by molar-refractivity contribution is 5.85. The van der Waals surface area contributed by atoms with Gasteiger partial charge >= 0.3 is 0 Å². The van der Waals surface area contributed by atoms with E-state index in [4.69, 9.17) is 4.74 Å². The Labute approximate surface area is 60.3 Å². The first-order valence-corrected chi connectivity index (χ1v) is 2.38. The minimum Gasteiger partial charge on any atom is -0.481 e. The second-order valence-electron chi connectivity index (χ2n) is 1.37. The summed E-state index contributed by atoms with van der Waals surface area (Å²) in [6.07, 6.45) is 1.69. The summed E-state index contributed by atoms with van der Waals surface area (Å²) in [6.45, 7) is 0. The molecule has 0 N–H and O–H groups in total. The van der Waals surface area contributed by atoms with Gasteiger partial charge in [0.25, 0.3) is 0 Å². The van der Waals surface area contributed by atoms with Crippen LogP contribution in [0.5, 0.6) is 5.88 Å². The Hall–Kier alpha value is -0.760. The minimum atomic E-state index is 0. The highest BCUT2D eigenvalue weighted by Crippen LogP contribution is 1.99. The fourth-order valence-corrected chi connectivity index (χ4v) is 0.468. The van der Waals surface area contributed by atoms with E-state index in [1.165, 1.54) is 0 Å². The molecule has 1 rings (SSSR count). The van der Waals surface area contributed by atoms with Gasteiger partial charge in [-0.15, -0.1) is 12.4 Å². The van der Waals surface area contributed by atoms with Crippen molar-refractivity contribution in [2.24, 2.45) is 0 Å². The Balaban J connectivity index is 0.000000640. The van der Waals surface area contributed by atoms with Gasteiger partial charge in [0.15, 0.2) is 0 Å². The molecule has 0 aliphatic carbocycles. The molecule has 0 spiro atoms. The molecule has 1 aromatic rings. The van der Waals surface area contributed by atoms with Crippen LogP contribution in [-0.2, 0) is 0 Å². The van der Waals surface area contributed by atoms with E-state index in [1.807, 2.05) is 12.1 Å². The molecule has 0 radical (unpaired) electrons. The highest BCUT2D eigenvalue weighted by Gasteiger charge is 1.82. The van der Waals surface area contributed by atoms with Crippen LogP contribution in [0.15, 0.2) is 24.4 Å². The maximum absolute atomic E-state index is 4.80. The second-order valence-corrected chi connectivity index (χ2v) is 1.37. The molecule has 0 unspecified atom stereocenters. The predicted molar refractivity (Wildman–Crippen MR) is 38.0 cm³/mol. The first-order valence-electron chi connectivity index (χ1n) is 2.38. The fraction of sp³-hybridized carbons (Fsp3) is 0.167. The lowest BCUT2D eigenvalue weighted by Gasteiger charge is -1.92. The van der Waals surface area contributed by atoms with Gasteiger partial charge in [0.2, 0.25) is 5.88 Å². The van der Waals surface area contributed by atoms with Crippen LogP contribution < -0.4 is 4.74 Å². The van der Waals surface area contributed by atoms with Crippen molar-refractivity contribution in [2.45, 2.75) is 0 Å². The molecule has 0 atom stereocenters. The molecule has 0 saturated carbocycles. The van der Waals surface area contributed by atoms with Crippen molar-refractivity contribution >= 4 is 12.4 Å². The molecule has 1 aromatic heterocycles. The molecule has 0 saturated heterocycles.